The summed E-state index contributed by atoms with van der Waals surface area (Å²) in [6.07, 6.45) is 0. The Kier molecular flexibility index (Phi) is 2.95. The average molecular weight is 116 g/mol. The quantitative estimate of drug-likeness (QED) is 0.286. The van der Waals surface area contributed by atoms with E-state index in [1.54, 1.807) is 21.0 Å². The highest BCUT2D eigenvalue weighted by Crippen LogP contribution is 1.71. The van der Waals surface area contributed by atoms with Crippen molar-refractivity contribution in [1.29, 1.82) is 0 Å². The molecule has 0 atom stereocenters. The molecule has 0 bridgehead atoms. The van der Waals surface area contributed by atoms with Gasteiger partial charge in [-0.25, -0.2) is 10.5 Å². The number of hydrazone groups is 1. The molecule has 0 unspecified atom stereocenters. The van der Waals surface area contributed by atoms with Crippen LogP contribution in [0.4, 0.5) is 0 Å². The molecule has 0 saturated carbocycles. The molecular formula is C4H12N4. The summed E-state index contributed by atoms with van der Waals surface area (Å²) < 4.78 is 0. The van der Waals surface area contributed by atoms with Crippen molar-refractivity contribution in [3.05, 3.63) is 0 Å². The Balaban J connectivity index is 3.51. The Morgan fingerprint density at radius 1 is 1.75 bits per heavy atom. The monoisotopic (exact) mass is 116 g/mol. The minimum atomic E-state index is 0.543. The standard InChI is InChI=1S/C4H12N4/c1-4(5)7-8(3)6-2/h6H,1-3H3,(H2,5,7). The first-order chi connectivity index (χ1) is 3.66. The van der Waals surface area contributed by atoms with Crippen molar-refractivity contribution in [1.82, 2.24) is 10.5 Å². The highest BCUT2D eigenvalue weighted by Gasteiger charge is 1.82. The highest BCUT2D eigenvalue weighted by atomic mass is 15.7. The lowest BCUT2D eigenvalue weighted by Gasteiger charge is -2.09. The van der Waals surface area contributed by atoms with Gasteiger partial charge in [-0.05, 0) is 6.92 Å². The van der Waals surface area contributed by atoms with Crippen molar-refractivity contribution in [2.75, 3.05) is 14.1 Å². The lowest BCUT2D eigenvalue weighted by molar-refractivity contribution is 0.274. The van der Waals surface area contributed by atoms with Crippen LogP contribution in [0.2, 0.25) is 0 Å². The zero-order chi connectivity index (χ0) is 6.57. The van der Waals surface area contributed by atoms with Crippen molar-refractivity contribution in [3.8, 4) is 0 Å². The maximum Gasteiger partial charge on any atom is 0.118 e. The summed E-state index contributed by atoms with van der Waals surface area (Å²) in [7, 11) is 3.54. The van der Waals surface area contributed by atoms with Gasteiger partial charge in [-0.3, -0.25) is 0 Å². The van der Waals surface area contributed by atoms with Gasteiger partial charge < -0.3 is 5.73 Å². The zero-order valence-electron chi connectivity index (χ0n) is 5.47. The first-order valence-corrected chi connectivity index (χ1v) is 2.38. The number of nitrogens with two attached hydrogens (primary N) is 1. The van der Waals surface area contributed by atoms with Gasteiger partial charge in [0.25, 0.3) is 0 Å². The smallest absolute Gasteiger partial charge is 0.118 e. The second-order valence-corrected chi connectivity index (χ2v) is 1.49. The molecule has 0 aliphatic heterocycles. The van der Waals surface area contributed by atoms with Crippen LogP contribution < -0.4 is 11.2 Å². The van der Waals surface area contributed by atoms with Gasteiger partial charge in [-0.15, -0.1) is 5.10 Å². The molecule has 0 heterocycles. The fourth-order valence-corrected chi connectivity index (χ4v) is 0.287. The number of nitrogens with one attached hydrogen (secondary N) is 1. The van der Waals surface area contributed by atoms with Crippen LogP contribution in [0.15, 0.2) is 5.10 Å². The normalized spacial score (nSPS) is 11.6. The van der Waals surface area contributed by atoms with Crippen LogP contribution in [0, 0.1) is 0 Å². The van der Waals surface area contributed by atoms with Gasteiger partial charge in [-0.1, -0.05) is 0 Å². The van der Waals surface area contributed by atoms with E-state index in [9.17, 15) is 0 Å². The molecule has 0 rings (SSSR count). The molecule has 0 spiro atoms. The Labute approximate surface area is 49.3 Å². The summed E-state index contributed by atoms with van der Waals surface area (Å²) in [5.74, 6) is 0.543. The van der Waals surface area contributed by atoms with Gasteiger partial charge in [-0.2, -0.15) is 0 Å². The SMILES string of the molecule is CNN(C)/N=C(/C)N. The summed E-state index contributed by atoms with van der Waals surface area (Å²) in [5, 5.41) is 5.35. The molecular weight excluding hydrogens is 104 g/mol. The van der Waals surface area contributed by atoms with Crippen molar-refractivity contribution >= 4 is 5.84 Å². The molecule has 0 aromatic rings. The number of nitrogens with zero attached hydrogens (tertiary/aromatic N) is 2. The van der Waals surface area contributed by atoms with Crippen molar-refractivity contribution in [3.63, 3.8) is 0 Å². The molecule has 48 valence electrons. The van der Waals surface area contributed by atoms with Gasteiger partial charge in [0.15, 0.2) is 0 Å². The Morgan fingerprint density at radius 2 is 2.25 bits per heavy atom. The van der Waals surface area contributed by atoms with Crippen molar-refractivity contribution in [2.45, 2.75) is 6.92 Å². The van der Waals surface area contributed by atoms with E-state index in [1.165, 1.54) is 5.12 Å². The number of hydrogen-bond acceptors (Lipinski definition) is 3. The predicted molar refractivity (Wildman–Crippen MR) is 34.1 cm³/mol. The van der Waals surface area contributed by atoms with E-state index in [-0.39, 0.29) is 0 Å². The summed E-state index contributed by atoms with van der Waals surface area (Å²) in [4.78, 5) is 0. The van der Waals surface area contributed by atoms with Gasteiger partial charge in [0.2, 0.25) is 0 Å². The third-order valence-electron chi connectivity index (χ3n) is 0.631. The van der Waals surface area contributed by atoms with Crippen LogP contribution in [0.3, 0.4) is 0 Å². The van der Waals surface area contributed by atoms with Crippen LogP contribution in [0.25, 0.3) is 0 Å². The second-order valence-electron chi connectivity index (χ2n) is 1.49. The molecule has 4 nitrogen and oxygen atoms in total. The van der Waals surface area contributed by atoms with Crippen LogP contribution in [0.1, 0.15) is 6.92 Å². The van der Waals surface area contributed by atoms with Gasteiger partial charge in [0.1, 0.15) is 5.84 Å². The predicted octanol–water partition coefficient (Wildman–Crippen LogP) is -0.655. The molecule has 8 heavy (non-hydrogen) atoms. The van der Waals surface area contributed by atoms with Crippen LogP contribution in [-0.4, -0.2) is 25.0 Å². The van der Waals surface area contributed by atoms with E-state index < -0.39 is 0 Å². The van der Waals surface area contributed by atoms with Crippen LogP contribution >= 0.6 is 0 Å². The maximum atomic E-state index is 5.24. The van der Waals surface area contributed by atoms with Gasteiger partial charge in [0.05, 0.1) is 0 Å². The Morgan fingerprint density at radius 3 is 2.38 bits per heavy atom. The summed E-state index contributed by atoms with van der Waals surface area (Å²) in [6, 6.07) is 0. The Bertz CT molecular complexity index is 84.0. The minimum Gasteiger partial charge on any atom is -0.386 e. The van der Waals surface area contributed by atoms with E-state index in [0.717, 1.165) is 0 Å². The number of rotatable bonds is 2. The topological polar surface area (TPSA) is 53.6 Å². The molecule has 0 radical (unpaired) electrons. The fourth-order valence-electron chi connectivity index (χ4n) is 0.287. The summed E-state index contributed by atoms with van der Waals surface area (Å²) in [5.41, 5.74) is 8.00. The highest BCUT2D eigenvalue weighted by molar-refractivity contribution is 5.76. The molecule has 0 aliphatic rings. The third kappa shape index (κ3) is 3.42. The van der Waals surface area contributed by atoms with Crippen molar-refractivity contribution < 1.29 is 0 Å². The summed E-state index contributed by atoms with van der Waals surface area (Å²) >= 11 is 0. The molecule has 3 N–H and O–H groups in total. The number of amidine groups is 1. The van der Waals surface area contributed by atoms with E-state index in [2.05, 4.69) is 10.5 Å². The number of hydrazine groups is 1. The first-order valence-electron chi connectivity index (χ1n) is 2.38. The van der Waals surface area contributed by atoms with E-state index in [1.807, 2.05) is 0 Å². The third-order valence-corrected chi connectivity index (χ3v) is 0.631. The molecule has 4 heteroatoms. The first kappa shape index (κ1) is 7.23. The number of hydrogen-bond donors (Lipinski definition) is 2. The van der Waals surface area contributed by atoms with E-state index >= 15 is 0 Å². The lowest BCUT2D eigenvalue weighted by atomic mass is 10.7. The van der Waals surface area contributed by atoms with E-state index in [0.29, 0.717) is 5.84 Å². The molecule has 0 aliphatic carbocycles. The summed E-state index contributed by atoms with van der Waals surface area (Å²) in [6.45, 7) is 1.73. The molecule has 0 saturated heterocycles. The molecule has 0 aromatic carbocycles. The largest absolute Gasteiger partial charge is 0.386 e. The van der Waals surface area contributed by atoms with E-state index in [4.69, 9.17) is 5.73 Å². The average Bonchev–Trinajstić information content (AvgIpc) is 1.65. The fraction of sp³-hybridized carbons (Fsp3) is 0.750. The Hall–Kier alpha value is -0.770. The zero-order valence-corrected chi connectivity index (χ0v) is 5.47. The van der Waals surface area contributed by atoms with Gasteiger partial charge in [0, 0.05) is 14.1 Å². The lowest BCUT2D eigenvalue weighted by Crippen LogP contribution is -2.27. The molecule has 0 amide bonds. The minimum absolute atomic E-state index is 0.543. The van der Waals surface area contributed by atoms with Crippen LogP contribution in [-0.2, 0) is 0 Å². The maximum absolute atomic E-state index is 5.24. The van der Waals surface area contributed by atoms with Gasteiger partial charge >= 0.3 is 0 Å². The second kappa shape index (κ2) is 3.26. The molecule has 0 fully saturated rings. The van der Waals surface area contributed by atoms with Crippen molar-refractivity contribution in [2.24, 2.45) is 10.8 Å². The molecule has 0 aromatic heterocycles. The van der Waals surface area contributed by atoms with Crippen LogP contribution in [0.5, 0.6) is 0 Å².